The highest BCUT2D eigenvalue weighted by molar-refractivity contribution is 7.89. The van der Waals surface area contributed by atoms with Gasteiger partial charge in [-0.1, -0.05) is 19.9 Å². The first-order valence-electron chi connectivity index (χ1n) is 11.0. The summed E-state index contributed by atoms with van der Waals surface area (Å²) < 4.78 is 40.0. The van der Waals surface area contributed by atoms with Gasteiger partial charge in [-0.25, -0.2) is 12.8 Å². The minimum absolute atomic E-state index is 0.0362. The number of nitrogens with two attached hydrogens (primary N) is 1. The minimum atomic E-state index is -3.81. The number of hydrogen-bond acceptors (Lipinski definition) is 7. The van der Waals surface area contributed by atoms with Crippen molar-refractivity contribution >= 4 is 27.6 Å². The molecule has 0 radical (unpaired) electrons. The van der Waals surface area contributed by atoms with Gasteiger partial charge in [-0.3, -0.25) is 14.4 Å². The molecule has 12 heteroatoms. The molecule has 0 spiro atoms. The molecule has 5 N–H and O–H groups in total. The monoisotopic (exact) mass is 501 g/mol. The van der Waals surface area contributed by atoms with Gasteiger partial charge in [0.05, 0.1) is 11.0 Å². The maximum absolute atomic E-state index is 13.4. The van der Waals surface area contributed by atoms with Crippen LogP contribution in [0.25, 0.3) is 0 Å². The number of aliphatic hydroxyl groups is 2. The molecular formula is C22H32FN3O7S. The summed E-state index contributed by atoms with van der Waals surface area (Å²) in [5.74, 6) is -3.25. The van der Waals surface area contributed by atoms with E-state index in [4.69, 9.17) is 5.73 Å². The van der Waals surface area contributed by atoms with Gasteiger partial charge in [0.25, 0.3) is 5.91 Å². The molecule has 0 aliphatic carbocycles. The molecule has 1 aromatic rings. The third kappa shape index (κ3) is 6.81. The number of amides is 2. The number of hydrogen-bond donors (Lipinski definition) is 4. The molecule has 0 bridgehead atoms. The molecule has 1 aliphatic rings. The molecule has 2 atom stereocenters. The van der Waals surface area contributed by atoms with Crippen LogP contribution in [0.1, 0.15) is 39.5 Å². The predicted molar refractivity (Wildman–Crippen MR) is 120 cm³/mol. The summed E-state index contributed by atoms with van der Waals surface area (Å²) in [5, 5.41) is 22.6. The lowest BCUT2D eigenvalue weighted by atomic mass is 9.78. The summed E-state index contributed by atoms with van der Waals surface area (Å²) in [6, 6.07) is 4.81. The van der Waals surface area contributed by atoms with Crippen LogP contribution in [-0.2, 0) is 24.4 Å². The van der Waals surface area contributed by atoms with Gasteiger partial charge in [0, 0.05) is 31.5 Å². The first-order valence-corrected chi connectivity index (χ1v) is 12.4. The highest BCUT2D eigenvalue weighted by Crippen LogP contribution is 2.28. The summed E-state index contributed by atoms with van der Waals surface area (Å²) >= 11 is 0. The number of sulfonamides is 1. The summed E-state index contributed by atoms with van der Waals surface area (Å²) in [5.41, 5.74) is 3.77. The Kier molecular flexibility index (Phi) is 9.29. The number of nitrogens with zero attached hydrogens (tertiary/aromatic N) is 1. The maximum Gasteiger partial charge on any atom is 0.287 e. The molecule has 10 nitrogen and oxygen atoms in total. The number of carbonyl (C=O) groups is 3. The van der Waals surface area contributed by atoms with E-state index in [-0.39, 0.29) is 43.3 Å². The van der Waals surface area contributed by atoms with Crippen LogP contribution in [0.15, 0.2) is 29.2 Å². The minimum Gasteiger partial charge on any atom is -0.392 e. The van der Waals surface area contributed by atoms with Crippen molar-refractivity contribution in [1.29, 1.82) is 0 Å². The molecule has 2 unspecified atom stereocenters. The number of Topliss-reactive ketones (excluding diaryl/α,β-unsaturated/α-hetero) is 1. The number of halogens is 1. The van der Waals surface area contributed by atoms with Crippen molar-refractivity contribution < 1.29 is 37.4 Å². The topological polar surface area (TPSA) is 167 Å². The van der Waals surface area contributed by atoms with E-state index in [0.29, 0.717) is 12.8 Å². The van der Waals surface area contributed by atoms with Crippen molar-refractivity contribution in [2.45, 2.75) is 56.6 Å². The van der Waals surface area contributed by atoms with E-state index in [1.807, 2.05) is 0 Å². The van der Waals surface area contributed by atoms with E-state index in [0.717, 1.165) is 6.07 Å². The average molecular weight is 502 g/mol. The number of ketones is 1. The molecule has 1 saturated heterocycles. The summed E-state index contributed by atoms with van der Waals surface area (Å²) in [6.07, 6.45) is -2.35. The summed E-state index contributed by atoms with van der Waals surface area (Å²) in [7, 11) is -3.81. The molecule has 2 rings (SSSR count). The van der Waals surface area contributed by atoms with E-state index in [2.05, 4.69) is 5.32 Å². The van der Waals surface area contributed by atoms with E-state index >= 15 is 0 Å². The number of nitrogens with one attached hydrogen (secondary N) is 1. The van der Waals surface area contributed by atoms with Crippen LogP contribution in [0.5, 0.6) is 0 Å². The molecule has 34 heavy (non-hydrogen) atoms. The van der Waals surface area contributed by atoms with Crippen LogP contribution < -0.4 is 11.1 Å². The van der Waals surface area contributed by atoms with Crippen LogP contribution in [0.4, 0.5) is 4.39 Å². The lowest BCUT2D eigenvalue weighted by Gasteiger charge is -2.33. The smallest absolute Gasteiger partial charge is 0.287 e. The number of primary amides is 1. The Labute approximate surface area is 198 Å². The number of rotatable bonds is 11. The molecule has 1 aromatic carbocycles. The Morgan fingerprint density at radius 2 is 1.85 bits per heavy atom. The first-order chi connectivity index (χ1) is 15.8. The van der Waals surface area contributed by atoms with Crippen molar-refractivity contribution in [2.24, 2.45) is 17.1 Å². The number of aliphatic hydroxyl groups excluding tert-OH is 2. The summed E-state index contributed by atoms with van der Waals surface area (Å²) in [4.78, 5) is 35.3. The molecule has 2 amide bonds. The van der Waals surface area contributed by atoms with Gasteiger partial charge >= 0.3 is 0 Å². The molecule has 1 aliphatic heterocycles. The lowest BCUT2D eigenvalue weighted by Crippen LogP contribution is -2.48. The van der Waals surface area contributed by atoms with Gasteiger partial charge in [0.1, 0.15) is 11.9 Å². The van der Waals surface area contributed by atoms with Crippen molar-refractivity contribution in [2.75, 3.05) is 19.6 Å². The van der Waals surface area contributed by atoms with Crippen molar-refractivity contribution in [3.8, 4) is 0 Å². The average Bonchev–Trinajstić information content (AvgIpc) is 2.80. The third-order valence-corrected chi connectivity index (χ3v) is 8.18. The summed E-state index contributed by atoms with van der Waals surface area (Å²) in [6.45, 7) is 3.46. The van der Waals surface area contributed by atoms with Crippen molar-refractivity contribution in [3.05, 3.63) is 30.1 Å². The van der Waals surface area contributed by atoms with Gasteiger partial charge in [-0.15, -0.1) is 0 Å². The van der Waals surface area contributed by atoms with Crippen LogP contribution >= 0.6 is 0 Å². The standard InChI is InChI=1S/C22H32FN3O7S/c1-22(2,19(29)20(24)30)18(28)7-6-17(27)21(31)25-13-14-8-10-26(11-9-14)34(32,33)16-5-3-4-15(23)12-16/h3-5,12,14,18-19,28-29H,6-11,13H2,1-2H3,(H2,24,30)(H,25,31). The highest BCUT2D eigenvalue weighted by atomic mass is 32.2. The second-order valence-corrected chi connectivity index (χ2v) is 11.1. The molecule has 1 heterocycles. The van der Waals surface area contributed by atoms with Gasteiger partial charge in [0.15, 0.2) is 0 Å². The Morgan fingerprint density at radius 3 is 2.41 bits per heavy atom. The fraction of sp³-hybridized carbons (Fsp3) is 0.591. The largest absolute Gasteiger partial charge is 0.392 e. The second kappa shape index (κ2) is 11.3. The predicted octanol–water partition coefficient (Wildman–Crippen LogP) is -0.0748. The van der Waals surface area contributed by atoms with Gasteiger partial charge < -0.3 is 21.3 Å². The zero-order chi connectivity index (χ0) is 25.7. The van der Waals surface area contributed by atoms with E-state index in [1.165, 1.54) is 36.4 Å². The second-order valence-electron chi connectivity index (χ2n) is 9.12. The van der Waals surface area contributed by atoms with Crippen LogP contribution in [0.2, 0.25) is 0 Å². The van der Waals surface area contributed by atoms with Crippen molar-refractivity contribution in [3.63, 3.8) is 0 Å². The fourth-order valence-electron chi connectivity index (χ4n) is 3.77. The Balaban J connectivity index is 1.79. The molecule has 0 aromatic heterocycles. The maximum atomic E-state index is 13.4. The molecule has 1 fully saturated rings. The fourth-order valence-corrected chi connectivity index (χ4v) is 5.27. The number of piperidine rings is 1. The van der Waals surface area contributed by atoms with E-state index < -0.39 is 51.1 Å². The zero-order valence-electron chi connectivity index (χ0n) is 19.2. The molecular weight excluding hydrogens is 469 g/mol. The quantitative estimate of drug-likeness (QED) is 0.308. The Hall–Kier alpha value is -2.41. The van der Waals surface area contributed by atoms with Gasteiger partial charge in [0.2, 0.25) is 21.7 Å². The number of benzene rings is 1. The highest BCUT2D eigenvalue weighted by Gasteiger charge is 2.39. The third-order valence-electron chi connectivity index (χ3n) is 6.29. The Bertz CT molecular complexity index is 1010. The van der Waals surface area contributed by atoms with Crippen LogP contribution in [-0.4, -0.2) is 72.4 Å². The van der Waals surface area contributed by atoms with Crippen LogP contribution in [0.3, 0.4) is 0 Å². The first kappa shape index (κ1) is 27.8. The normalized spacial score (nSPS) is 17.7. The van der Waals surface area contributed by atoms with Gasteiger partial charge in [-0.05, 0) is 43.4 Å². The number of carbonyl (C=O) groups excluding carboxylic acids is 3. The molecule has 190 valence electrons. The van der Waals surface area contributed by atoms with E-state index in [9.17, 15) is 37.4 Å². The lowest BCUT2D eigenvalue weighted by molar-refractivity contribution is -0.141. The van der Waals surface area contributed by atoms with Crippen molar-refractivity contribution in [1.82, 2.24) is 9.62 Å². The molecule has 0 saturated carbocycles. The van der Waals surface area contributed by atoms with Gasteiger partial charge in [-0.2, -0.15) is 4.31 Å². The SMILES string of the molecule is CC(C)(C(O)CCC(=O)C(=O)NCC1CCN(S(=O)(=O)c2cccc(F)c2)CC1)C(O)C(N)=O. The van der Waals surface area contributed by atoms with E-state index in [1.54, 1.807) is 0 Å². The zero-order valence-corrected chi connectivity index (χ0v) is 20.1. The Morgan fingerprint density at radius 1 is 1.24 bits per heavy atom. The van der Waals surface area contributed by atoms with Crippen LogP contribution in [0, 0.1) is 17.2 Å².